The Balaban J connectivity index is 1.34. The van der Waals surface area contributed by atoms with E-state index in [9.17, 15) is 4.79 Å². The van der Waals surface area contributed by atoms with Crippen molar-refractivity contribution < 1.29 is 9.53 Å². The summed E-state index contributed by atoms with van der Waals surface area (Å²) in [6.07, 6.45) is 1.30. The second kappa shape index (κ2) is 9.28. The highest BCUT2D eigenvalue weighted by Crippen LogP contribution is 2.33. The Bertz CT molecular complexity index is 1270. The third-order valence-corrected chi connectivity index (χ3v) is 6.38. The van der Waals surface area contributed by atoms with Crippen LogP contribution in [0.15, 0.2) is 72.8 Å². The molecule has 5 nitrogen and oxygen atoms in total. The Kier molecular flexibility index (Phi) is 6.05. The molecule has 1 saturated heterocycles. The van der Waals surface area contributed by atoms with Crippen LogP contribution in [0.25, 0.3) is 11.0 Å². The van der Waals surface area contributed by atoms with E-state index in [1.54, 1.807) is 0 Å². The smallest absolute Gasteiger partial charge is 0.227 e. The van der Waals surface area contributed by atoms with Gasteiger partial charge in [-0.2, -0.15) is 0 Å². The van der Waals surface area contributed by atoms with Gasteiger partial charge in [-0.05, 0) is 61.9 Å². The van der Waals surface area contributed by atoms with E-state index in [0.717, 1.165) is 41.3 Å². The first-order valence-electron chi connectivity index (χ1n) is 11.3. The fraction of sp³-hybridized carbons (Fsp3) is 0.259. The van der Waals surface area contributed by atoms with E-state index in [4.69, 9.17) is 21.3 Å². The van der Waals surface area contributed by atoms with Crippen LogP contribution in [0.3, 0.4) is 0 Å². The number of benzene rings is 3. The molecule has 2 heterocycles. The van der Waals surface area contributed by atoms with E-state index < -0.39 is 0 Å². The second-order valence-electron chi connectivity index (χ2n) is 8.51. The summed E-state index contributed by atoms with van der Waals surface area (Å²) in [6.45, 7) is 4.06. The molecule has 168 valence electrons. The van der Waals surface area contributed by atoms with Crippen LogP contribution in [-0.4, -0.2) is 28.6 Å². The van der Waals surface area contributed by atoms with E-state index >= 15 is 0 Å². The van der Waals surface area contributed by atoms with E-state index in [2.05, 4.69) is 17.6 Å². The van der Waals surface area contributed by atoms with Crippen LogP contribution in [0.1, 0.15) is 30.1 Å². The monoisotopic (exact) mass is 459 g/mol. The largest absolute Gasteiger partial charge is 0.494 e. The van der Waals surface area contributed by atoms with Crippen molar-refractivity contribution >= 4 is 34.2 Å². The first kappa shape index (κ1) is 21.5. The number of amides is 1. The minimum absolute atomic E-state index is 0.0587. The molecule has 6 heteroatoms. The van der Waals surface area contributed by atoms with Crippen molar-refractivity contribution in [1.82, 2.24) is 9.55 Å². The summed E-state index contributed by atoms with van der Waals surface area (Å²) < 4.78 is 8.14. The first-order valence-corrected chi connectivity index (χ1v) is 11.7. The van der Waals surface area contributed by atoms with Crippen molar-refractivity contribution in [2.24, 2.45) is 0 Å². The number of aromatic nitrogens is 2. The Morgan fingerprint density at radius 3 is 2.58 bits per heavy atom. The number of nitrogens with zero attached hydrogens (tertiary/aromatic N) is 3. The molecule has 0 radical (unpaired) electrons. The van der Waals surface area contributed by atoms with Crippen molar-refractivity contribution in [3.05, 3.63) is 89.2 Å². The van der Waals surface area contributed by atoms with E-state index in [0.29, 0.717) is 24.6 Å². The molecule has 1 aliphatic heterocycles. The molecule has 1 fully saturated rings. The van der Waals surface area contributed by atoms with Gasteiger partial charge in [0.1, 0.15) is 11.6 Å². The molecule has 0 bridgehead atoms. The Morgan fingerprint density at radius 1 is 1.03 bits per heavy atom. The number of hydrogen-bond acceptors (Lipinski definition) is 3. The number of carbonyl (C=O) groups is 1. The van der Waals surface area contributed by atoms with Crippen LogP contribution < -0.4 is 9.64 Å². The molecule has 4 aromatic rings. The number of fused-ring (bicyclic) bond motifs is 1. The molecule has 1 aliphatic rings. The molecule has 1 unspecified atom stereocenters. The molecule has 1 amide bonds. The number of aryl methyl sites for hydroxylation is 2. The number of halogens is 1. The number of carbonyl (C=O) groups excluding carboxylic acids is 1. The Morgan fingerprint density at radius 2 is 1.79 bits per heavy atom. The van der Waals surface area contributed by atoms with Crippen LogP contribution in [0, 0.1) is 6.92 Å². The van der Waals surface area contributed by atoms with Crippen molar-refractivity contribution in [2.45, 2.75) is 32.2 Å². The summed E-state index contributed by atoms with van der Waals surface area (Å²) in [5.74, 6) is 1.99. The molecule has 0 spiro atoms. The Hall–Kier alpha value is -3.31. The maximum absolute atomic E-state index is 12.9. The molecule has 0 N–H and O–H groups in total. The van der Waals surface area contributed by atoms with Gasteiger partial charge in [0, 0.05) is 36.1 Å². The van der Waals surface area contributed by atoms with Crippen LogP contribution >= 0.6 is 11.6 Å². The number of para-hydroxylation sites is 2. The van der Waals surface area contributed by atoms with Gasteiger partial charge in [0.05, 0.1) is 17.6 Å². The standard InChI is InChI=1S/C27H26ClN3O2/c1-19-7-11-22(12-8-19)31-18-20(17-26(31)32)27-29-24-5-2-3-6-25(24)30(27)15-4-16-33-23-13-9-21(28)10-14-23/h2-3,5-14,20H,4,15-18H2,1H3. The highest BCUT2D eigenvalue weighted by atomic mass is 35.5. The fourth-order valence-electron chi connectivity index (χ4n) is 4.44. The van der Waals surface area contributed by atoms with Crippen molar-refractivity contribution in [3.8, 4) is 5.75 Å². The lowest BCUT2D eigenvalue weighted by atomic mass is 10.1. The van der Waals surface area contributed by atoms with Gasteiger partial charge >= 0.3 is 0 Å². The molecule has 5 rings (SSSR count). The zero-order chi connectivity index (χ0) is 22.8. The topological polar surface area (TPSA) is 47.4 Å². The van der Waals surface area contributed by atoms with Crippen LogP contribution in [0.4, 0.5) is 5.69 Å². The Labute approximate surface area is 198 Å². The van der Waals surface area contributed by atoms with Gasteiger partial charge < -0.3 is 14.2 Å². The maximum Gasteiger partial charge on any atom is 0.227 e. The summed E-state index contributed by atoms with van der Waals surface area (Å²) >= 11 is 5.95. The molecule has 3 aromatic carbocycles. The van der Waals surface area contributed by atoms with Gasteiger partial charge in [0.25, 0.3) is 0 Å². The minimum atomic E-state index is 0.0587. The van der Waals surface area contributed by atoms with Gasteiger partial charge in [0.15, 0.2) is 0 Å². The summed E-state index contributed by atoms with van der Waals surface area (Å²) in [6, 6.07) is 23.7. The van der Waals surface area contributed by atoms with Crippen molar-refractivity contribution in [2.75, 3.05) is 18.1 Å². The van der Waals surface area contributed by atoms with Crippen LogP contribution in [0.2, 0.25) is 5.02 Å². The van der Waals surface area contributed by atoms with Crippen LogP contribution in [-0.2, 0) is 11.3 Å². The minimum Gasteiger partial charge on any atom is -0.494 e. The number of anilines is 1. The summed E-state index contributed by atoms with van der Waals surface area (Å²) in [5.41, 5.74) is 4.20. The average Bonchev–Trinajstić information content (AvgIpc) is 3.39. The number of rotatable bonds is 7. The predicted octanol–water partition coefficient (Wildman–Crippen LogP) is 5.99. The average molecular weight is 460 g/mol. The van der Waals surface area contributed by atoms with Gasteiger partial charge in [-0.3, -0.25) is 4.79 Å². The fourth-order valence-corrected chi connectivity index (χ4v) is 4.57. The zero-order valence-corrected chi connectivity index (χ0v) is 19.3. The highest BCUT2D eigenvalue weighted by molar-refractivity contribution is 6.30. The molecule has 1 aromatic heterocycles. The maximum atomic E-state index is 12.9. The lowest BCUT2D eigenvalue weighted by molar-refractivity contribution is -0.117. The van der Waals surface area contributed by atoms with E-state index in [1.165, 1.54) is 5.56 Å². The molecule has 1 atom stereocenters. The molecule has 0 saturated carbocycles. The second-order valence-corrected chi connectivity index (χ2v) is 8.94. The number of ether oxygens (including phenoxy) is 1. The highest BCUT2D eigenvalue weighted by Gasteiger charge is 2.34. The number of hydrogen-bond donors (Lipinski definition) is 0. The van der Waals surface area contributed by atoms with Gasteiger partial charge in [-0.15, -0.1) is 0 Å². The lowest BCUT2D eigenvalue weighted by Crippen LogP contribution is -2.24. The first-order chi connectivity index (χ1) is 16.1. The van der Waals surface area contributed by atoms with Gasteiger partial charge in [-0.1, -0.05) is 41.4 Å². The molecular weight excluding hydrogens is 434 g/mol. The quantitative estimate of drug-likeness (QED) is 0.319. The van der Waals surface area contributed by atoms with Crippen molar-refractivity contribution in [3.63, 3.8) is 0 Å². The van der Waals surface area contributed by atoms with Crippen LogP contribution in [0.5, 0.6) is 5.75 Å². The van der Waals surface area contributed by atoms with E-state index in [-0.39, 0.29) is 11.8 Å². The van der Waals surface area contributed by atoms with Gasteiger partial charge in [-0.25, -0.2) is 4.98 Å². The zero-order valence-electron chi connectivity index (χ0n) is 18.6. The SMILES string of the molecule is Cc1ccc(N2CC(c3nc4ccccc4n3CCCOc3ccc(Cl)cc3)CC2=O)cc1. The summed E-state index contributed by atoms with van der Waals surface area (Å²) in [5, 5.41) is 0.697. The molecule has 0 aliphatic carbocycles. The third-order valence-electron chi connectivity index (χ3n) is 6.13. The van der Waals surface area contributed by atoms with Gasteiger partial charge in [0.2, 0.25) is 5.91 Å². The summed E-state index contributed by atoms with van der Waals surface area (Å²) in [7, 11) is 0. The number of imidazole rings is 1. The lowest BCUT2D eigenvalue weighted by Gasteiger charge is -2.18. The molecule has 33 heavy (non-hydrogen) atoms. The third kappa shape index (κ3) is 4.60. The normalized spacial score (nSPS) is 16.0. The van der Waals surface area contributed by atoms with Crippen molar-refractivity contribution in [1.29, 1.82) is 0 Å². The molecular formula is C27H26ClN3O2. The predicted molar refractivity (Wildman–Crippen MR) is 132 cm³/mol. The van der Waals surface area contributed by atoms with E-state index in [1.807, 2.05) is 71.6 Å². The summed E-state index contributed by atoms with van der Waals surface area (Å²) in [4.78, 5) is 19.7.